The van der Waals surface area contributed by atoms with Gasteiger partial charge in [0, 0.05) is 18.7 Å². The van der Waals surface area contributed by atoms with Crippen LogP contribution >= 0.6 is 12.2 Å². The summed E-state index contributed by atoms with van der Waals surface area (Å²) >= 11 is 5.14. The fraction of sp³-hybridized carbons (Fsp3) is 0.333. The summed E-state index contributed by atoms with van der Waals surface area (Å²) < 4.78 is 27.4. The number of nitrogens with one attached hydrogen (secondary N) is 3. The van der Waals surface area contributed by atoms with Crippen molar-refractivity contribution in [2.24, 2.45) is 0 Å². The molecule has 0 spiro atoms. The monoisotopic (exact) mass is 433 g/mol. The Hall–Kier alpha value is -2.29. The van der Waals surface area contributed by atoms with Crippen LogP contribution in [-0.4, -0.2) is 19.4 Å². The molecule has 0 heterocycles. The van der Waals surface area contributed by atoms with E-state index >= 15 is 0 Å². The fourth-order valence-corrected chi connectivity index (χ4v) is 3.89. The van der Waals surface area contributed by atoms with Crippen molar-refractivity contribution in [3.8, 4) is 0 Å². The highest BCUT2D eigenvalue weighted by Crippen LogP contribution is 2.14. The standard InChI is InChI=1S/C21H27N3O3S2/c1-2-3-4-8-11-20(25)24-21(28)23-18-12-14-19(15-13-18)29(26,27)22-16-17-9-6-5-7-10-17/h5-7,9-10,12-15,22H,2-4,8,11,16H2,1H3,(H2,23,24,25,28). The summed E-state index contributed by atoms with van der Waals surface area (Å²) in [5, 5.41) is 5.73. The van der Waals surface area contributed by atoms with Crippen molar-refractivity contribution < 1.29 is 13.2 Å². The Morgan fingerprint density at radius 1 is 0.966 bits per heavy atom. The summed E-state index contributed by atoms with van der Waals surface area (Å²) in [6.07, 6.45) is 4.54. The molecule has 2 aromatic rings. The Morgan fingerprint density at radius 3 is 2.31 bits per heavy atom. The second-order valence-corrected chi connectivity index (χ2v) is 8.82. The number of sulfonamides is 1. The molecule has 0 aliphatic heterocycles. The van der Waals surface area contributed by atoms with Crippen LogP contribution in [0.4, 0.5) is 5.69 Å². The Labute approximate surface area is 178 Å². The molecule has 2 aromatic carbocycles. The van der Waals surface area contributed by atoms with E-state index < -0.39 is 10.0 Å². The third-order valence-corrected chi connectivity index (χ3v) is 5.86. The predicted molar refractivity (Wildman–Crippen MR) is 120 cm³/mol. The van der Waals surface area contributed by atoms with E-state index in [1.54, 1.807) is 12.1 Å². The van der Waals surface area contributed by atoms with Crippen LogP contribution < -0.4 is 15.4 Å². The zero-order valence-electron chi connectivity index (χ0n) is 16.5. The van der Waals surface area contributed by atoms with Crippen molar-refractivity contribution in [3.63, 3.8) is 0 Å². The molecule has 0 radical (unpaired) electrons. The number of thiocarbonyl (C=S) groups is 1. The summed E-state index contributed by atoms with van der Waals surface area (Å²) in [5.74, 6) is -0.122. The van der Waals surface area contributed by atoms with Crippen molar-refractivity contribution in [2.75, 3.05) is 5.32 Å². The van der Waals surface area contributed by atoms with Gasteiger partial charge in [0.05, 0.1) is 4.90 Å². The summed E-state index contributed by atoms with van der Waals surface area (Å²) in [6.45, 7) is 2.34. The average molecular weight is 434 g/mol. The van der Waals surface area contributed by atoms with E-state index in [-0.39, 0.29) is 22.5 Å². The number of amides is 1. The Bertz CT molecular complexity index is 899. The zero-order valence-corrected chi connectivity index (χ0v) is 18.1. The summed E-state index contributed by atoms with van der Waals surface area (Å²) in [5.41, 5.74) is 1.48. The van der Waals surface area contributed by atoms with Gasteiger partial charge in [-0.2, -0.15) is 0 Å². The minimum atomic E-state index is -3.62. The number of hydrogen-bond donors (Lipinski definition) is 3. The molecule has 2 rings (SSSR count). The van der Waals surface area contributed by atoms with Gasteiger partial charge in [-0.15, -0.1) is 0 Å². The zero-order chi connectivity index (χ0) is 21.1. The van der Waals surface area contributed by atoms with Crippen LogP contribution in [0, 0.1) is 0 Å². The number of unbranched alkanes of at least 4 members (excludes halogenated alkanes) is 3. The quantitative estimate of drug-likeness (QED) is 0.390. The number of rotatable bonds is 10. The second kappa shape index (κ2) is 11.6. The minimum Gasteiger partial charge on any atom is -0.332 e. The van der Waals surface area contributed by atoms with E-state index in [4.69, 9.17) is 12.2 Å². The van der Waals surface area contributed by atoms with Gasteiger partial charge < -0.3 is 10.6 Å². The van der Waals surface area contributed by atoms with Gasteiger partial charge in [-0.25, -0.2) is 13.1 Å². The summed E-state index contributed by atoms with van der Waals surface area (Å²) in [6, 6.07) is 15.5. The van der Waals surface area contributed by atoms with Gasteiger partial charge >= 0.3 is 0 Å². The number of anilines is 1. The average Bonchev–Trinajstić information content (AvgIpc) is 2.71. The minimum absolute atomic E-state index is 0.122. The molecular formula is C21H27N3O3S2. The van der Waals surface area contributed by atoms with E-state index in [0.717, 1.165) is 31.2 Å². The first-order valence-corrected chi connectivity index (χ1v) is 11.5. The van der Waals surface area contributed by atoms with Crippen LogP contribution in [0.2, 0.25) is 0 Å². The van der Waals surface area contributed by atoms with Crippen LogP contribution in [0.1, 0.15) is 44.6 Å². The molecule has 0 unspecified atom stereocenters. The van der Waals surface area contributed by atoms with E-state index in [1.807, 2.05) is 30.3 Å². The molecule has 0 bridgehead atoms. The third kappa shape index (κ3) is 8.31. The van der Waals surface area contributed by atoms with E-state index in [2.05, 4.69) is 22.3 Å². The van der Waals surface area contributed by atoms with Crippen LogP contribution in [0.15, 0.2) is 59.5 Å². The van der Waals surface area contributed by atoms with Crippen LogP contribution in [-0.2, 0) is 21.4 Å². The molecule has 0 saturated heterocycles. The molecule has 6 nitrogen and oxygen atoms in total. The van der Waals surface area contributed by atoms with Gasteiger partial charge in [-0.1, -0.05) is 56.5 Å². The number of hydrogen-bond acceptors (Lipinski definition) is 4. The normalized spacial score (nSPS) is 11.1. The Kier molecular flexibility index (Phi) is 9.24. The number of carbonyl (C=O) groups is 1. The van der Waals surface area contributed by atoms with Gasteiger partial charge in [0.1, 0.15) is 0 Å². The maximum absolute atomic E-state index is 12.4. The molecule has 0 fully saturated rings. The van der Waals surface area contributed by atoms with E-state index in [9.17, 15) is 13.2 Å². The smallest absolute Gasteiger partial charge is 0.240 e. The molecule has 8 heteroatoms. The molecule has 0 aromatic heterocycles. The molecule has 1 amide bonds. The lowest BCUT2D eigenvalue weighted by molar-refractivity contribution is -0.119. The highest BCUT2D eigenvalue weighted by atomic mass is 32.2. The number of benzene rings is 2. The van der Waals surface area contributed by atoms with Crippen LogP contribution in [0.5, 0.6) is 0 Å². The highest BCUT2D eigenvalue weighted by Gasteiger charge is 2.13. The molecule has 0 atom stereocenters. The lowest BCUT2D eigenvalue weighted by Gasteiger charge is -2.11. The third-order valence-electron chi connectivity index (χ3n) is 4.24. The van der Waals surface area contributed by atoms with Crippen molar-refractivity contribution in [1.82, 2.24) is 10.0 Å². The number of carbonyl (C=O) groups excluding carboxylic acids is 1. The molecule has 29 heavy (non-hydrogen) atoms. The molecule has 0 aliphatic rings. The second-order valence-electron chi connectivity index (χ2n) is 6.65. The van der Waals surface area contributed by atoms with Crippen molar-refractivity contribution >= 4 is 38.9 Å². The lowest BCUT2D eigenvalue weighted by Crippen LogP contribution is -2.33. The van der Waals surface area contributed by atoms with Gasteiger partial charge in [0.15, 0.2) is 5.11 Å². The van der Waals surface area contributed by atoms with E-state index in [0.29, 0.717) is 12.1 Å². The van der Waals surface area contributed by atoms with Gasteiger partial charge in [-0.05, 0) is 48.5 Å². The van der Waals surface area contributed by atoms with Gasteiger partial charge in [-0.3, -0.25) is 4.79 Å². The maximum Gasteiger partial charge on any atom is 0.240 e. The topological polar surface area (TPSA) is 87.3 Å². The van der Waals surface area contributed by atoms with Gasteiger partial charge in [0.2, 0.25) is 15.9 Å². The first-order chi connectivity index (χ1) is 13.9. The first kappa shape index (κ1) is 23.0. The van der Waals surface area contributed by atoms with Crippen LogP contribution in [0.3, 0.4) is 0 Å². The predicted octanol–water partition coefficient (Wildman–Crippen LogP) is 3.95. The molecule has 0 aliphatic carbocycles. The van der Waals surface area contributed by atoms with Crippen LogP contribution in [0.25, 0.3) is 0 Å². The molecule has 0 saturated carbocycles. The SMILES string of the molecule is CCCCCCC(=O)NC(=S)Nc1ccc(S(=O)(=O)NCc2ccccc2)cc1. The maximum atomic E-state index is 12.4. The Balaban J connectivity index is 1.84. The lowest BCUT2D eigenvalue weighted by atomic mass is 10.1. The molecule has 156 valence electrons. The largest absolute Gasteiger partial charge is 0.332 e. The van der Waals surface area contributed by atoms with Crippen molar-refractivity contribution in [1.29, 1.82) is 0 Å². The Morgan fingerprint density at radius 2 is 1.66 bits per heavy atom. The first-order valence-electron chi connectivity index (χ1n) is 9.65. The summed E-state index contributed by atoms with van der Waals surface area (Å²) in [7, 11) is -3.62. The van der Waals surface area contributed by atoms with Gasteiger partial charge in [0.25, 0.3) is 0 Å². The van der Waals surface area contributed by atoms with Crippen molar-refractivity contribution in [2.45, 2.75) is 50.5 Å². The molecular weight excluding hydrogens is 406 g/mol. The fourth-order valence-electron chi connectivity index (χ4n) is 2.64. The molecule has 3 N–H and O–H groups in total. The van der Waals surface area contributed by atoms with Crippen molar-refractivity contribution in [3.05, 3.63) is 60.2 Å². The summed E-state index contributed by atoms with van der Waals surface area (Å²) in [4.78, 5) is 12.0. The highest BCUT2D eigenvalue weighted by molar-refractivity contribution is 7.89. The van der Waals surface area contributed by atoms with E-state index in [1.165, 1.54) is 12.1 Å².